The van der Waals surface area contributed by atoms with Gasteiger partial charge in [-0.1, -0.05) is 27.7 Å². The minimum Gasteiger partial charge on any atom is -0.363 e. The molecule has 248 valence electrons. The van der Waals surface area contributed by atoms with Crippen molar-refractivity contribution in [3.63, 3.8) is 0 Å². The highest BCUT2D eigenvalue weighted by atomic mass is 32.2. The summed E-state index contributed by atoms with van der Waals surface area (Å²) < 4.78 is 0. The molecule has 45 heavy (non-hydrogen) atoms. The molecule has 14 heteroatoms. The molecular formula is C31H46N6O4S4. The molecule has 0 bridgehead atoms. The van der Waals surface area contributed by atoms with Crippen molar-refractivity contribution in [2.75, 3.05) is 50.8 Å². The van der Waals surface area contributed by atoms with Crippen molar-refractivity contribution < 1.29 is 19.2 Å². The smallest absolute Gasteiger partial charge is 0.254 e. The number of nitrogens with zero attached hydrogens (tertiary/aromatic N) is 2. The van der Waals surface area contributed by atoms with Gasteiger partial charge in [-0.05, 0) is 78.9 Å². The van der Waals surface area contributed by atoms with Crippen molar-refractivity contribution >= 4 is 81.8 Å². The van der Waals surface area contributed by atoms with Gasteiger partial charge in [0.1, 0.15) is 0 Å². The van der Waals surface area contributed by atoms with Crippen LogP contribution < -0.4 is 21.3 Å². The van der Waals surface area contributed by atoms with E-state index in [2.05, 4.69) is 49.0 Å². The molecule has 4 aliphatic rings. The number of nitrogens with one attached hydrogen (secondary N) is 4. The SMILES string of the molecule is CC(C)(CCNC(=S)NCCCNC(=S)NCCC(C)(C)CN1C(=O)C=C2SCCC2C1=O)CN1C(=O)C=C2SCCC2C1=O. The predicted molar refractivity (Wildman–Crippen MR) is 189 cm³/mol. The number of fused-ring (bicyclic) bond motifs is 2. The van der Waals surface area contributed by atoms with E-state index in [0.717, 1.165) is 53.4 Å². The second-order valence-corrected chi connectivity index (χ2v) is 16.7. The quantitative estimate of drug-likeness (QED) is 0.121. The van der Waals surface area contributed by atoms with Crippen molar-refractivity contribution in [1.29, 1.82) is 0 Å². The van der Waals surface area contributed by atoms with Gasteiger partial charge in [0.2, 0.25) is 11.8 Å². The van der Waals surface area contributed by atoms with Gasteiger partial charge < -0.3 is 21.3 Å². The van der Waals surface area contributed by atoms with Gasteiger partial charge in [0.15, 0.2) is 10.2 Å². The normalized spacial score (nSPS) is 21.7. The Labute approximate surface area is 286 Å². The van der Waals surface area contributed by atoms with Crippen LogP contribution in [0.3, 0.4) is 0 Å². The highest BCUT2D eigenvalue weighted by Crippen LogP contribution is 2.41. The molecule has 2 fully saturated rings. The number of thioether (sulfide) groups is 2. The number of imide groups is 2. The lowest BCUT2D eigenvalue weighted by molar-refractivity contribution is -0.148. The standard InChI is InChI=1S/C31H46N6O4S4/c1-30(2,18-36-24(38)16-22-20(26(36)40)6-14-44-22)8-12-34-28(42)32-10-5-11-33-29(43)35-13-9-31(3,4)19-37-25(39)17-23-21(27(37)41)7-15-45-23/h16-17,20-21H,5-15,18-19H2,1-4H3,(H2,32,34,42)(H2,33,35,43). The number of hydrogen-bond acceptors (Lipinski definition) is 8. The van der Waals surface area contributed by atoms with Gasteiger partial charge in [-0.2, -0.15) is 0 Å². The van der Waals surface area contributed by atoms with Gasteiger partial charge in [0, 0.05) is 61.2 Å². The van der Waals surface area contributed by atoms with E-state index in [1.165, 1.54) is 9.80 Å². The van der Waals surface area contributed by atoms with Crippen LogP contribution in [0.4, 0.5) is 0 Å². The Bertz CT molecular complexity index is 1170. The minimum absolute atomic E-state index is 0.0599. The van der Waals surface area contributed by atoms with Gasteiger partial charge in [-0.3, -0.25) is 29.0 Å². The van der Waals surface area contributed by atoms with Gasteiger partial charge >= 0.3 is 0 Å². The molecule has 4 N–H and O–H groups in total. The first-order valence-corrected chi connectivity index (χ1v) is 18.5. The van der Waals surface area contributed by atoms with Crippen molar-refractivity contribution in [1.82, 2.24) is 31.1 Å². The van der Waals surface area contributed by atoms with E-state index in [9.17, 15) is 19.2 Å². The molecule has 0 aromatic rings. The van der Waals surface area contributed by atoms with Crippen LogP contribution in [0.15, 0.2) is 22.0 Å². The van der Waals surface area contributed by atoms with E-state index < -0.39 is 0 Å². The predicted octanol–water partition coefficient (Wildman–Crippen LogP) is 3.15. The zero-order valence-electron chi connectivity index (χ0n) is 26.7. The third kappa shape index (κ3) is 9.92. The fourth-order valence-corrected chi connectivity index (χ4v) is 8.61. The number of rotatable bonds is 14. The summed E-state index contributed by atoms with van der Waals surface area (Å²) in [5.41, 5.74) is -0.489. The fraction of sp³-hybridized carbons (Fsp3) is 0.677. The fourth-order valence-electron chi connectivity index (χ4n) is 5.81. The van der Waals surface area contributed by atoms with Gasteiger partial charge in [0.25, 0.3) is 11.8 Å². The molecule has 0 aromatic heterocycles. The Balaban J connectivity index is 1.04. The molecule has 10 nitrogen and oxygen atoms in total. The number of amides is 4. The van der Waals surface area contributed by atoms with Crippen LogP contribution in [0.5, 0.6) is 0 Å². The van der Waals surface area contributed by atoms with E-state index in [4.69, 9.17) is 24.4 Å². The first-order valence-electron chi connectivity index (χ1n) is 15.7. The van der Waals surface area contributed by atoms with Crippen LogP contribution in [0.25, 0.3) is 0 Å². The number of hydrogen-bond donors (Lipinski definition) is 4. The van der Waals surface area contributed by atoms with Gasteiger partial charge in [-0.15, -0.1) is 23.5 Å². The van der Waals surface area contributed by atoms with E-state index in [-0.39, 0.29) is 46.3 Å². The summed E-state index contributed by atoms with van der Waals surface area (Å²) in [6.07, 6.45) is 7.21. The molecule has 4 heterocycles. The first-order chi connectivity index (χ1) is 21.3. The Morgan fingerprint density at radius 3 is 1.49 bits per heavy atom. The molecule has 0 saturated carbocycles. The Hall–Kier alpha value is -2.16. The molecular weight excluding hydrogens is 649 g/mol. The lowest BCUT2D eigenvalue weighted by Crippen LogP contribution is -2.48. The van der Waals surface area contributed by atoms with Crippen LogP contribution in [0, 0.1) is 22.7 Å². The summed E-state index contributed by atoms with van der Waals surface area (Å²) in [4.78, 5) is 55.5. The average molecular weight is 695 g/mol. The van der Waals surface area contributed by atoms with Crippen molar-refractivity contribution in [2.45, 2.75) is 59.8 Å². The Morgan fingerprint density at radius 1 is 0.711 bits per heavy atom. The largest absolute Gasteiger partial charge is 0.363 e. The number of thiocarbonyl (C=S) groups is 2. The summed E-state index contributed by atoms with van der Waals surface area (Å²) in [7, 11) is 0. The zero-order chi connectivity index (χ0) is 32.8. The maximum absolute atomic E-state index is 12.9. The van der Waals surface area contributed by atoms with E-state index in [0.29, 0.717) is 49.5 Å². The third-order valence-corrected chi connectivity index (χ3v) is 11.4. The molecule has 2 unspecified atom stereocenters. The minimum atomic E-state index is -0.245. The zero-order valence-corrected chi connectivity index (χ0v) is 29.9. The van der Waals surface area contributed by atoms with Crippen molar-refractivity contribution in [3.8, 4) is 0 Å². The molecule has 4 amide bonds. The van der Waals surface area contributed by atoms with Gasteiger partial charge in [0.05, 0.1) is 11.8 Å². The van der Waals surface area contributed by atoms with Crippen molar-refractivity contribution in [3.05, 3.63) is 22.0 Å². The maximum atomic E-state index is 12.9. The first kappa shape index (κ1) is 35.7. The molecule has 2 saturated heterocycles. The molecule has 0 aromatic carbocycles. The Kier molecular flexibility index (Phi) is 12.4. The summed E-state index contributed by atoms with van der Waals surface area (Å²) in [6.45, 7) is 11.7. The van der Waals surface area contributed by atoms with E-state index in [1.54, 1.807) is 35.7 Å². The molecule has 4 rings (SSSR count). The summed E-state index contributed by atoms with van der Waals surface area (Å²) in [5.74, 6) is 0.989. The second kappa shape index (κ2) is 15.6. The molecule has 0 aliphatic carbocycles. The molecule has 0 spiro atoms. The van der Waals surface area contributed by atoms with Gasteiger partial charge in [-0.25, -0.2) is 0 Å². The number of carbonyl (C=O) groups is 4. The second-order valence-electron chi connectivity index (χ2n) is 13.5. The van der Waals surface area contributed by atoms with E-state index >= 15 is 0 Å². The van der Waals surface area contributed by atoms with Crippen LogP contribution in [-0.2, 0) is 19.2 Å². The lowest BCUT2D eigenvalue weighted by Gasteiger charge is -2.34. The average Bonchev–Trinajstić information content (AvgIpc) is 3.63. The maximum Gasteiger partial charge on any atom is 0.254 e. The summed E-state index contributed by atoms with van der Waals surface area (Å²) in [5, 5.41) is 14.0. The highest BCUT2D eigenvalue weighted by Gasteiger charge is 2.41. The summed E-state index contributed by atoms with van der Waals surface area (Å²) >= 11 is 14.1. The van der Waals surface area contributed by atoms with Crippen LogP contribution in [0.1, 0.15) is 59.8 Å². The monoisotopic (exact) mass is 694 g/mol. The summed E-state index contributed by atoms with van der Waals surface area (Å²) in [6, 6.07) is 0. The van der Waals surface area contributed by atoms with Crippen LogP contribution in [0.2, 0.25) is 0 Å². The van der Waals surface area contributed by atoms with E-state index in [1.807, 2.05) is 0 Å². The molecule has 0 radical (unpaired) electrons. The van der Waals surface area contributed by atoms with Crippen molar-refractivity contribution in [2.24, 2.45) is 22.7 Å². The lowest BCUT2D eigenvalue weighted by atomic mass is 9.87. The topological polar surface area (TPSA) is 123 Å². The number of carbonyl (C=O) groups excluding carboxylic acids is 4. The van der Waals surface area contributed by atoms with Crippen LogP contribution in [-0.4, -0.2) is 94.4 Å². The third-order valence-electron chi connectivity index (χ3n) is 8.50. The molecule has 2 atom stereocenters. The van der Waals surface area contributed by atoms with Crippen LogP contribution >= 0.6 is 48.0 Å². The highest BCUT2D eigenvalue weighted by molar-refractivity contribution is 8.03. The Morgan fingerprint density at radius 2 is 1.09 bits per heavy atom. The molecule has 4 aliphatic heterocycles.